The van der Waals surface area contributed by atoms with Gasteiger partial charge in [0.1, 0.15) is 5.75 Å². The van der Waals surface area contributed by atoms with Crippen LogP contribution in [0.4, 0.5) is 5.69 Å². The highest BCUT2D eigenvalue weighted by Gasteiger charge is 2.21. The zero-order chi connectivity index (χ0) is 24.5. The lowest BCUT2D eigenvalue weighted by Gasteiger charge is -2.26. The third kappa shape index (κ3) is 7.29. The largest absolute Gasteiger partial charge is 0.494 e. The van der Waals surface area contributed by atoms with Crippen LogP contribution in [0.15, 0.2) is 48.5 Å². The van der Waals surface area contributed by atoms with Gasteiger partial charge in [0.15, 0.2) is 5.11 Å². The van der Waals surface area contributed by atoms with Crippen molar-refractivity contribution >= 4 is 34.8 Å². The summed E-state index contributed by atoms with van der Waals surface area (Å²) in [6.45, 7) is 4.95. The molecule has 0 aliphatic heterocycles. The molecular formula is C27H35N3O3S. The Kier molecular flexibility index (Phi) is 9.45. The van der Waals surface area contributed by atoms with E-state index in [2.05, 4.69) is 24.5 Å². The smallest absolute Gasteiger partial charge is 0.257 e. The molecule has 0 aromatic heterocycles. The third-order valence-electron chi connectivity index (χ3n) is 6.06. The Morgan fingerprint density at radius 3 is 2.38 bits per heavy atom. The van der Waals surface area contributed by atoms with E-state index in [1.165, 1.54) is 6.42 Å². The van der Waals surface area contributed by atoms with Crippen molar-refractivity contribution in [2.24, 2.45) is 5.92 Å². The Morgan fingerprint density at radius 1 is 1.03 bits per heavy atom. The van der Waals surface area contributed by atoms with Gasteiger partial charge in [-0.1, -0.05) is 45.2 Å². The molecule has 182 valence electrons. The molecule has 2 aromatic carbocycles. The van der Waals surface area contributed by atoms with Gasteiger partial charge in [0.25, 0.3) is 11.8 Å². The van der Waals surface area contributed by atoms with Crippen molar-refractivity contribution in [1.82, 2.24) is 10.6 Å². The van der Waals surface area contributed by atoms with Crippen LogP contribution in [0.25, 0.3) is 0 Å². The molecule has 0 spiro atoms. The van der Waals surface area contributed by atoms with Gasteiger partial charge in [-0.3, -0.25) is 14.9 Å². The van der Waals surface area contributed by atoms with Gasteiger partial charge in [-0.15, -0.1) is 0 Å². The number of carbonyl (C=O) groups excluding carboxylic acids is 2. The van der Waals surface area contributed by atoms with Gasteiger partial charge in [-0.05, 0) is 73.8 Å². The first-order chi connectivity index (χ1) is 16.3. The number of rotatable bonds is 8. The first-order valence-electron chi connectivity index (χ1n) is 12.1. The minimum Gasteiger partial charge on any atom is -0.494 e. The molecule has 7 heteroatoms. The maximum Gasteiger partial charge on any atom is 0.257 e. The van der Waals surface area contributed by atoms with E-state index >= 15 is 0 Å². The lowest BCUT2D eigenvalue weighted by atomic mass is 9.95. The van der Waals surface area contributed by atoms with Crippen molar-refractivity contribution in [3.05, 3.63) is 59.7 Å². The van der Waals surface area contributed by atoms with Crippen molar-refractivity contribution in [2.75, 3.05) is 18.6 Å². The van der Waals surface area contributed by atoms with E-state index in [1.807, 2.05) is 18.2 Å². The molecule has 3 rings (SSSR count). The number of anilines is 1. The SMILES string of the molecule is CC(C)CCOc1ccc(C(=O)NC(=S)N(C)c2ccccc2C(=O)NC2CCCCC2)cc1. The fourth-order valence-corrected chi connectivity index (χ4v) is 4.14. The molecule has 0 atom stereocenters. The summed E-state index contributed by atoms with van der Waals surface area (Å²) in [5, 5.41) is 6.14. The van der Waals surface area contributed by atoms with Crippen LogP contribution in [0.3, 0.4) is 0 Å². The quantitative estimate of drug-likeness (QED) is 0.499. The van der Waals surface area contributed by atoms with Crippen molar-refractivity contribution in [1.29, 1.82) is 0 Å². The average Bonchev–Trinajstić information content (AvgIpc) is 2.84. The van der Waals surface area contributed by atoms with Crippen LogP contribution in [0.5, 0.6) is 5.75 Å². The van der Waals surface area contributed by atoms with Crippen LogP contribution in [0, 0.1) is 5.92 Å². The maximum absolute atomic E-state index is 13.0. The summed E-state index contributed by atoms with van der Waals surface area (Å²) in [6.07, 6.45) is 6.53. The molecule has 6 nitrogen and oxygen atoms in total. The van der Waals surface area contributed by atoms with Gasteiger partial charge >= 0.3 is 0 Å². The third-order valence-corrected chi connectivity index (χ3v) is 6.43. The number of ether oxygens (including phenoxy) is 1. The van der Waals surface area contributed by atoms with Crippen LogP contribution in [0.2, 0.25) is 0 Å². The molecule has 0 saturated heterocycles. The summed E-state index contributed by atoms with van der Waals surface area (Å²) < 4.78 is 5.72. The number of hydrogen-bond donors (Lipinski definition) is 2. The number of thiocarbonyl (C=S) groups is 1. The molecule has 1 fully saturated rings. The maximum atomic E-state index is 13.0. The van der Waals surface area contributed by atoms with Gasteiger partial charge in [0.2, 0.25) is 0 Å². The van der Waals surface area contributed by atoms with Crippen LogP contribution in [-0.4, -0.2) is 36.6 Å². The molecule has 0 unspecified atom stereocenters. The summed E-state index contributed by atoms with van der Waals surface area (Å²) in [6, 6.07) is 14.5. The highest BCUT2D eigenvalue weighted by molar-refractivity contribution is 7.80. The van der Waals surface area contributed by atoms with Crippen molar-refractivity contribution in [2.45, 2.75) is 58.4 Å². The molecule has 2 N–H and O–H groups in total. The van der Waals surface area contributed by atoms with Crippen molar-refractivity contribution < 1.29 is 14.3 Å². The molecule has 1 aliphatic rings. The van der Waals surface area contributed by atoms with E-state index in [-0.39, 0.29) is 23.0 Å². The molecule has 2 amide bonds. The zero-order valence-electron chi connectivity index (χ0n) is 20.3. The van der Waals surface area contributed by atoms with Crippen LogP contribution >= 0.6 is 12.2 Å². The summed E-state index contributed by atoms with van der Waals surface area (Å²) in [7, 11) is 1.75. The molecule has 1 saturated carbocycles. The Labute approximate surface area is 208 Å². The lowest BCUT2D eigenvalue weighted by Crippen LogP contribution is -2.42. The van der Waals surface area contributed by atoms with Crippen LogP contribution in [0.1, 0.15) is 73.1 Å². The molecule has 0 bridgehead atoms. The molecular weight excluding hydrogens is 446 g/mol. The molecule has 0 radical (unpaired) electrons. The highest BCUT2D eigenvalue weighted by atomic mass is 32.1. The zero-order valence-corrected chi connectivity index (χ0v) is 21.1. The van der Waals surface area contributed by atoms with E-state index in [0.29, 0.717) is 29.3 Å². The molecule has 34 heavy (non-hydrogen) atoms. The number of amides is 2. The Balaban J connectivity index is 1.61. The van der Waals surface area contributed by atoms with Gasteiger partial charge in [0, 0.05) is 18.7 Å². The number of carbonyl (C=O) groups is 2. The van der Waals surface area contributed by atoms with E-state index < -0.39 is 0 Å². The monoisotopic (exact) mass is 481 g/mol. The predicted octanol–water partition coefficient (Wildman–Crippen LogP) is 5.33. The van der Waals surface area contributed by atoms with Gasteiger partial charge < -0.3 is 15.0 Å². The Morgan fingerprint density at radius 2 is 1.71 bits per heavy atom. The number of para-hydroxylation sites is 1. The van der Waals surface area contributed by atoms with Crippen LogP contribution in [-0.2, 0) is 0 Å². The number of benzene rings is 2. The summed E-state index contributed by atoms with van der Waals surface area (Å²) in [5.74, 6) is 0.882. The second-order valence-electron chi connectivity index (χ2n) is 9.20. The van der Waals surface area contributed by atoms with E-state index in [9.17, 15) is 9.59 Å². The van der Waals surface area contributed by atoms with E-state index in [0.717, 1.165) is 37.9 Å². The standard InChI is InChI=1S/C27H35N3O3S/c1-19(2)17-18-33-22-15-13-20(14-16-22)25(31)29-27(34)30(3)24-12-8-7-11-23(24)26(32)28-21-9-5-4-6-10-21/h7-8,11-16,19,21H,4-6,9-10,17-18H2,1-3H3,(H,28,32)(H,29,31,34). The highest BCUT2D eigenvalue weighted by Crippen LogP contribution is 2.22. The average molecular weight is 482 g/mol. The topological polar surface area (TPSA) is 70.7 Å². The number of nitrogens with zero attached hydrogens (tertiary/aromatic N) is 1. The second-order valence-corrected chi connectivity index (χ2v) is 9.59. The first kappa shape index (κ1) is 25.7. The minimum atomic E-state index is -0.310. The second kappa shape index (κ2) is 12.5. The lowest BCUT2D eigenvalue weighted by molar-refractivity contribution is 0.0927. The predicted molar refractivity (Wildman–Crippen MR) is 141 cm³/mol. The van der Waals surface area contributed by atoms with Crippen molar-refractivity contribution in [3.8, 4) is 5.75 Å². The normalized spacial score (nSPS) is 13.9. The van der Waals surface area contributed by atoms with Gasteiger partial charge in [-0.2, -0.15) is 0 Å². The number of nitrogens with one attached hydrogen (secondary N) is 2. The molecule has 2 aromatic rings. The van der Waals surface area contributed by atoms with E-state index in [4.69, 9.17) is 17.0 Å². The first-order valence-corrected chi connectivity index (χ1v) is 12.5. The fourth-order valence-electron chi connectivity index (χ4n) is 3.95. The molecule has 0 heterocycles. The number of hydrogen-bond acceptors (Lipinski definition) is 4. The van der Waals surface area contributed by atoms with E-state index in [1.54, 1.807) is 42.3 Å². The minimum absolute atomic E-state index is 0.114. The van der Waals surface area contributed by atoms with Crippen molar-refractivity contribution in [3.63, 3.8) is 0 Å². The Hall–Kier alpha value is -2.93. The molecule has 1 aliphatic carbocycles. The fraction of sp³-hybridized carbons (Fsp3) is 0.444. The van der Waals surface area contributed by atoms with Gasteiger partial charge in [-0.25, -0.2) is 0 Å². The van der Waals surface area contributed by atoms with Gasteiger partial charge in [0.05, 0.1) is 17.9 Å². The Bertz CT molecular complexity index is 985. The summed E-state index contributed by atoms with van der Waals surface area (Å²) >= 11 is 5.49. The summed E-state index contributed by atoms with van der Waals surface area (Å²) in [4.78, 5) is 27.4. The van der Waals surface area contributed by atoms with Crippen LogP contribution < -0.4 is 20.3 Å². The summed E-state index contributed by atoms with van der Waals surface area (Å²) in [5.41, 5.74) is 1.67.